The lowest BCUT2D eigenvalue weighted by Gasteiger charge is -2.18. The molecule has 3 fully saturated rings. The molecule has 0 N–H and O–H groups in total. The van der Waals surface area contributed by atoms with Crippen LogP contribution in [-0.2, 0) is 4.74 Å². The molecule has 2 saturated carbocycles. The maximum Gasteiger partial charge on any atom is 0.113 e. The average molecular weight is 137 g/mol. The monoisotopic (exact) mass is 137 g/mol. The van der Waals surface area contributed by atoms with Gasteiger partial charge in [-0.25, -0.2) is 0 Å². The normalized spacial score (nSPS) is 57.6. The second kappa shape index (κ2) is 1.76. The fraction of sp³-hybridized carbons (Fsp3) is 0.889. The molecule has 2 aliphatic carbocycles. The highest BCUT2D eigenvalue weighted by Gasteiger charge is 2.47. The van der Waals surface area contributed by atoms with Crippen molar-refractivity contribution in [2.75, 3.05) is 0 Å². The van der Waals surface area contributed by atoms with E-state index < -0.39 is 0 Å². The van der Waals surface area contributed by atoms with Gasteiger partial charge < -0.3 is 4.74 Å². The van der Waals surface area contributed by atoms with Crippen molar-refractivity contribution in [1.29, 1.82) is 0 Å². The van der Waals surface area contributed by atoms with Crippen LogP contribution in [0.1, 0.15) is 25.7 Å². The first-order chi connectivity index (χ1) is 4.93. The zero-order chi connectivity index (χ0) is 6.55. The van der Waals surface area contributed by atoms with E-state index >= 15 is 0 Å². The summed E-state index contributed by atoms with van der Waals surface area (Å²) in [5, 5.41) is 0. The van der Waals surface area contributed by atoms with Gasteiger partial charge >= 0.3 is 0 Å². The molecule has 1 aliphatic heterocycles. The molecule has 0 spiro atoms. The van der Waals surface area contributed by atoms with Gasteiger partial charge in [-0.2, -0.15) is 0 Å². The van der Waals surface area contributed by atoms with Gasteiger partial charge in [-0.3, -0.25) is 0 Å². The van der Waals surface area contributed by atoms with Crippen molar-refractivity contribution in [1.82, 2.24) is 0 Å². The lowest BCUT2D eigenvalue weighted by atomic mass is 9.87. The molecule has 1 radical (unpaired) electrons. The van der Waals surface area contributed by atoms with Gasteiger partial charge in [0.25, 0.3) is 0 Å². The van der Waals surface area contributed by atoms with E-state index in [2.05, 4.69) is 0 Å². The Balaban J connectivity index is 1.77. The minimum atomic E-state index is 0.579. The predicted molar refractivity (Wildman–Crippen MR) is 38.1 cm³/mol. The SMILES string of the molecule is [CH]1OC1C1CC2CCC1C2. The Morgan fingerprint density at radius 2 is 2.10 bits per heavy atom. The molecule has 10 heavy (non-hydrogen) atoms. The molecule has 1 saturated heterocycles. The maximum absolute atomic E-state index is 5.22. The summed E-state index contributed by atoms with van der Waals surface area (Å²) in [6, 6.07) is 0. The quantitative estimate of drug-likeness (QED) is 0.503. The molecule has 4 atom stereocenters. The first kappa shape index (κ1) is 5.59. The second-order valence-electron chi connectivity index (χ2n) is 4.08. The van der Waals surface area contributed by atoms with Crippen LogP contribution in [-0.4, -0.2) is 6.10 Å². The second-order valence-corrected chi connectivity index (χ2v) is 4.08. The van der Waals surface area contributed by atoms with Crippen LogP contribution in [0.2, 0.25) is 0 Å². The topological polar surface area (TPSA) is 12.5 Å². The summed E-state index contributed by atoms with van der Waals surface area (Å²) >= 11 is 0. The summed E-state index contributed by atoms with van der Waals surface area (Å²) in [6.45, 7) is 2.02. The zero-order valence-electron chi connectivity index (χ0n) is 6.12. The molecule has 0 aromatic carbocycles. The van der Waals surface area contributed by atoms with Crippen molar-refractivity contribution < 1.29 is 4.74 Å². The highest BCUT2D eigenvalue weighted by atomic mass is 16.6. The molecule has 1 heterocycles. The van der Waals surface area contributed by atoms with Gasteiger partial charge in [-0.05, 0) is 37.0 Å². The van der Waals surface area contributed by atoms with Gasteiger partial charge in [0.15, 0.2) is 0 Å². The lowest BCUT2D eigenvalue weighted by molar-refractivity contribution is 0.250. The predicted octanol–water partition coefficient (Wildman–Crippen LogP) is 1.98. The van der Waals surface area contributed by atoms with Gasteiger partial charge in [-0.1, -0.05) is 6.42 Å². The Morgan fingerprint density at radius 1 is 1.20 bits per heavy atom. The van der Waals surface area contributed by atoms with Crippen molar-refractivity contribution in [2.24, 2.45) is 17.8 Å². The van der Waals surface area contributed by atoms with E-state index in [1.54, 1.807) is 0 Å². The molecule has 2 bridgehead atoms. The largest absolute Gasteiger partial charge is 0.366 e. The molecule has 3 aliphatic rings. The van der Waals surface area contributed by atoms with E-state index in [-0.39, 0.29) is 0 Å². The number of ether oxygens (including phenoxy) is 1. The van der Waals surface area contributed by atoms with E-state index in [4.69, 9.17) is 4.74 Å². The molecule has 55 valence electrons. The van der Waals surface area contributed by atoms with Crippen molar-refractivity contribution >= 4 is 0 Å². The fourth-order valence-corrected chi connectivity index (χ4v) is 2.94. The van der Waals surface area contributed by atoms with E-state index in [0.29, 0.717) is 6.10 Å². The number of hydrogen-bond acceptors (Lipinski definition) is 1. The number of fused-ring (bicyclic) bond motifs is 2. The summed E-state index contributed by atoms with van der Waals surface area (Å²) in [5.41, 5.74) is 0. The first-order valence-corrected chi connectivity index (χ1v) is 4.42. The number of rotatable bonds is 1. The van der Waals surface area contributed by atoms with Gasteiger partial charge in [0, 0.05) is 0 Å². The van der Waals surface area contributed by atoms with E-state index in [1.807, 2.05) is 6.61 Å². The van der Waals surface area contributed by atoms with Gasteiger partial charge in [0.05, 0.1) is 6.10 Å². The van der Waals surface area contributed by atoms with E-state index in [1.165, 1.54) is 25.7 Å². The maximum atomic E-state index is 5.22. The van der Waals surface area contributed by atoms with Crippen LogP contribution in [0.3, 0.4) is 0 Å². The summed E-state index contributed by atoms with van der Waals surface area (Å²) in [5.74, 6) is 3.04. The minimum absolute atomic E-state index is 0.579. The lowest BCUT2D eigenvalue weighted by Crippen LogP contribution is -2.15. The van der Waals surface area contributed by atoms with Crippen molar-refractivity contribution in [3.63, 3.8) is 0 Å². The molecule has 4 unspecified atom stereocenters. The molecular weight excluding hydrogens is 124 g/mol. The van der Waals surface area contributed by atoms with Crippen molar-refractivity contribution in [2.45, 2.75) is 31.8 Å². The first-order valence-electron chi connectivity index (χ1n) is 4.42. The Kier molecular flexibility index (Phi) is 0.984. The Morgan fingerprint density at radius 3 is 2.60 bits per heavy atom. The summed E-state index contributed by atoms with van der Waals surface area (Å²) in [4.78, 5) is 0. The standard InChI is InChI=1S/C9H13O/c1-2-7-3-6(1)4-8(7)9-5-10-9/h5-9H,1-4H2. The van der Waals surface area contributed by atoms with Crippen molar-refractivity contribution in [3.8, 4) is 0 Å². The average Bonchev–Trinajstić information content (AvgIpc) is 2.60. The zero-order valence-corrected chi connectivity index (χ0v) is 6.12. The molecule has 0 amide bonds. The summed E-state index contributed by atoms with van der Waals surface area (Å²) in [6.07, 6.45) is 6.55. The highest BCUT2D eigenvalue weighted by molar-refractivity contribution is 5.00. The Hall–Kier alpha value is -0.0400. The smallest absolute Gasteiger partial charge is 0.113 e. The highest BCUT2D eigenvalue weighted by Crippen LogP contribution is 2.52. The van der Waals surface area contributed by atoms with Crippen LogP contribution in [0.15, 0.2) is 0 Å². The van der Waals surface area contributed by atoms with Gasteiger partial charge in [0.1, 0.15) is 6.61 Å². The number of epoxide rings is 1. The Labute approximate surface area is 61.8 Å². The molecule has 1 heteroatoms. The molecule has 0 aromatic rings. The fourth-order valence-electron chi connectivity index (χ4n) is 2.94. The third kappa shape index (κ3) is 0.672. The van der Waals surface area contributed by atoms with Crippen molar-refractivity contribution in [3.05, 3.63) is 6.61 Å². The Bertz CT molecular complexity index is 151. The molecule has 3 rings (SSSR count). The van der Waals surface area contributed by atoms with Crippen LogP contribution >= 0.6 is 0 Å². The summed E-state index contributed by atoms with van der Waals surface area (Å²) in [7, 11) is 0. The minimum Gasteiger partial charge on any atom is -0.366 e. The van der Waals surface area contributed by atoms with Crippen LogP contribution in [0, 0.1) is 24.4 Å². The van der Waals surface area contributed by atoms with Crippen LogP contribution in [0.4, 0.5) is 0 Å². The molecular formula is C9H13O. The van der Waals surface area contributed by atoms with E-state index in [9.17, 15) is 0 Å². The molecule has 0 aromatic heterocycles. The van der Waals surface area contributed by atoms with E-state index in [0.717, 1.165) is 17.8 Å². The van der Waals surface area contributed by atoms with Crippen LogP contribution in [0.5, 0.6) is 0 Å². The molecule has 1 nitrogen and oxygen atoms in total. The van der Waals surface area contributed by atoms with Crippen LogP contribution < -0.4 is 0 Å². The third-order valence-corrected chi connectivity index (χ3v) is 3.51. The van der Waals surface area contributed by atoms with Gasteiger partial charge in [0.2, 0.25) is 0 Å². The summed E-state index contributed by atoms with van der Waals surface area (Å²) < 4.78 is 5.22. The van der Waals surface area contributed by atoms with Gasteiger partial charge in [-0.15, -0.1) is 0 Å². The van der Waals surface area contributed by atoms with Crippen LogP contribution in [0.25, 0.3) is 0 Å². The third-order valence-electron chi connectivity index (χ3n) is 3.51. The number of hydrogen-bond donors (Lipinski definition) is 0.